The summed E-state index contributed by atoms with van der Waals surface area (Å²) in [6.07, 6.45) is 1.59. The molecular weight excluding hydrogens is 116 g/mol. The van der Waals surface area contributed by atoms with Crippen LogP contribution in [-0.4, -0.2) is 18.1 Å². The Balaban J connectivity index is 3.84. The van der Waals surface area contributed by atoms with Crippen molar-refractivity contribution in [2.24, 2.45) is 17.3 Å². The minimum atomic E-state index is -0.129. The fourth-order valence-electron chi connectivity index (χ4n) is 0.353. The van der Waals surface area contributed by atoms with Crippen molar-refractivity contribution < 1.29 is 0 Å². The summed E-state index contributed by atoms with van der Waals surface area (Å²) in [4.78, 5) is 0. The summed E-state index contributed by atoms with van der Waals surface area (Å²) in [7, 11) is 1.69. The van der Waals surface area contributed by atoms with E-state index < -0.39 is 0 Å². The zero-order valence-corrected chi connectivity index (χ0v) is 5.83. The van der Waals surface area contributed by atoms with Gasteiger partial charge in [-0.05, 0) is 6.92 Å². The van der Waals surface area contributed by atoms with Gasteiger partial charge in [0.05, 0.1) is 0 Å². The number of rotatable bonds is 2. The van der Waals surface area contributed by atoms with Crippen LogP contribution in [0.5, 0.6) is 0 Å². The van der Waals surface area contributed by atoms with Gasteiger partial charge >= 0.3 is 0 Å². The summed E-state index contributed by atoms with van der Waals surface area (Å²) in [5, 5.41) is 1.37. The van der Waals surface area contributed by atoms with Crippen molar-refractivity contribution in [3.05, 3.63) is 11.9 Å². The van der Waals surface area contributed by atoms with E-state index >= 15 is 0 Å². The highest BCUT2D eigenvalue weighted by molar-refractivity contribution is 5.01. The van der Waals surface area contributed by atoms with Crippen LogP contribution in [0, 0.1) is 0 Å². The first-order valence-electron chi connectivity index (χ1n) is 2.74. The Morgan fingerprint density at radius 3 is 2.22 bits per heavy atom. The molecule has 0 saturated heterocycles. The molecule has 54 valence electrons. The van der Waals surface area contributed by atoms with Crippen molar-refractivity contribution in [3.8, 4) is 0 Å². The van der Waals surface area contributed by atoms with Crippen LogP contribution in [0.1, 0.15) is 6.92 Å². The van der Waals surface area contributed by atoms with Crippen LogP contribution in [0.2, 0.25) is 0 Å². The van der Waals surface area contributed by atoms with Gasteiger partial charge in [0.2, 0.25) is 0 Å². The molecule has 0 amide bonds. The molecule has 0 bridgehead atoms. The van der Waals surface area contributed by atoms with Crippen LogP contribution in [0.25, 0.3) is 0 Å². The van der Waals surface area contributed by atoms with Crippen LogP contribution in [-0.2, 0) is 0 Å². The van der Waals surface area contributed by atoms with E-state index in [1.807, 2.05) is 0 Å². The quantitative estimate of drug-likeness (QED) is 0.329. The van der Waals surface area contributed by atoms with E-state index in [0.717, 1.165) is 0 Å². The molecule has 0 spiro atoms. The zero-order valence-electron chi connectivity index (χ0n) is 5.83. The average Bonchev–Trinajstić information content (AvgIpc) is 1.63. The van der Waals surface area contributed by atoms with Crippen molar-refractivity contribution in [3.63, 3.8) is 0 Å². The SMILES string of the molecule is CC(N)/C(N)=C/N(C)N. The molecule has 0 saturated carbocycles. The van der Waals surface area contributed by atoms with Crippen LogP contribution >= 0.6 is 0 Å². The lowest BCUT2D eigenvalue weighted by molar-refractivity contribution is 0.476. The molecule has 0 aromatic carbocycles. The summed E-state index contributed by atoms with van der Waals surface area (Å²) in [5.41, 5.74) is 11.4. The normalized spacial score (nSPS) is 15.3. The molecule has 0 radical (unpaired) electrons. The minimum absolute atomic E-state index is 0.129. The average molecular weight is 130 g/mol. The lowest BCUT2D eigenvalue weighted by atomic mass is 10.3. The first-order valence-corrected chi connectivity index (χ1v) is 2.74. The summed E-state index contributed by atoms with van der Waals surface area (Å²) < 4.78 is 0. The Bertz CT molecular complexity index is 106. The van der Waals surface area contributed by atoms with Gasteiger partial charge in [-0.1, -0.05) is 0 Å². The van der Waals surface area contributed by atoms with Crippen molar-refractivity contribution in [1.29, 1.82) is 0 Å². The summed E-state index contributed by atoms with van der Waals surface area (Å²) in [5.74, 6) is 5.25. The first kappa shape index (κ1) is 8.26. The molecule has 4 heteroatoms. The van der Waals surface area contributed by atoms with Gasteiger partial charge in [-0.3, -0.25) is 0 Å². The predicted octanol–water partition coefficient (Wildman–Crippen LogP) is -1.06. The lowest BCUT2D eigenvalue weighted by Gasteiger charge is -2.09. The Hall–Kier alpha value is -0.740. The van der Waals surface area contributed by atoms with Crippen molar-refractivity contribution >= 4 is 0 Å². The Morgan fingerprint density at radius 2 is 2.11 bits per heavy atom. The van der Waals surface area contributed by atoms with Gasteiger partial charge < -0.3 is 16.5 Å². The van der Waals surface area contributed by atoms with Crippen LogP contribution in [0.3, 0.4) is 0 Å². The molecule has 0 aromatic rings. The van der Waals surface area contributed by atoms with E-state index in [-0.39, 0.29) is 6.04 Å². The van der Waals surface area contributed by atoms with Crippen LogP contribution in [0.15, 0.2) is 11.9 Å². The van der Waals surface area contributed by atoms with Crippen LogP contribution < -0.4 is 17.3 Å². The second-order valence-electron chi connectivity index (χ2n) is 2.08. The van der Waals surface area contributed by atoms with E-state index in [4.69, 9.17) is 17.3 Å². The largest absolute Gasteiger partial charge is 0.400 e. The summed E-state index contributed by atoms with van der Waals surface area (Å²) in [6.45, 7) is 1.80. The summed E-state index contributed by atoms with van der Waals surface area (Å²) in [6, 6.07) is -0.129. The van der Waals surface area contributed by atoms with E-state index in [2.05, 4.69) is 0 Å². The maximum Gasteiger partial charge on any atom is 0.0429 e. The third-order valence-corrected chi connectivity index (χ3v) is 0.878. The Labute approximate surface area is 55.3 Å². The standard InChI is InChI=1S/C5H14N4/c1-4(6)5(7)3-9(2)8/h3-4H,6-8H2,1-2H3/b5-3-. The van der Waals surface area contributed by atoms with E-state index in [1.54, 1.807) is 20.2 Å². The molecule has 1 unspecified atom stereocenters. The van der Waals surface area contributed by atoms with E-state index in [1.165, 1.54) is 5.01 Å². The van der Waals surface area contributed by atoms with Gasteiger partial charge in [-0.25, -0.2) is 5.84 Å². The van der Waals surface area contributed by atoms with Crippen molar-refractivity contribution in [2.45, 2.75) is 13.0 Å². The molecule has 6 N–H and O–H groups in total. The van der Waals surface area contributed by atoms with Gasteiger partial charge in [-0.2, -0.15) is 0 Å². The number of nitrogens with zero attached hydrogens (tertiary/aromatic N) is 1. The molecular formula is C5H14N4. The fraction of sp³-hybridized carbons (Fsp3) is 0.600. The highest BCUT2D eigenvalue weighted by atomic mass is 15.4. The van der Waals surface area contributed by atoms with Gasteiger partial charge in [0.15, 0.2) is 0 Å². The number of nitrogens with two attached hydrogens (primary N) is 3. The highest BCUT2D eigenvalue weighted by Crippen LogP contribution is 1.88. The molecule has 0 aromatic heterocycles. The molecule has 9 heavy (non-hydrogen) atoms. The topological polar surface area (TPSA) is 81.3 Å². The zero-order chi connectivity index (χ0) is 7.44. The lowest BCUT2D eigenvalue weighted by Crippen LogP contribution is -2.28. The molecule has 0 aliphatic rings. The third kappa shape index (κ3) is 3.81. The maximum absolute atomic E-state index is 5.43. The van der Waals surface area contributed by atoms with Gasteiger partial charge in [0, 0.05) is 25.0 Å². The second-order valence-corrected chi connectivity index (χ2v) is 2.08. The van der Waals surface area contributed by atoms with Crippen molar-refractivity contribution in [2.75, 3.05) is 7.05 Å². The predicted molar refractivity (Wildman–Crippen MR) is 37.9 cm³/mol. The van der Waals surface area contributed by atoms with E-state index in [9.17, 15) is 0 Å². The number of hydrogen-bond donors (Lipinski definition) is 3. The Morgan fingerprint density at radius 1 is 1.67 bits per heavy atom. The fourth-order valence-corrected chi connectivity index (χ4v) is 0.353. The monoisotopic (exact) mass is 130 g/mol. The third-order valence-electron chi connectivity index (χ3n) is 0.878. The highest BCUT2D eigenvalue weighted by Gasteiger charge is 1.95. The van der Waals surface area contributed by atoms with Gasteiger partial charge in [-0.15, -0.1) is 0 Å². The maximum atomic E-state index is 5.43. The first-order chi connectivity index (χ1) is 4.04. The number of hydrazine groups is 1. The van der Waals surface area contributed by atoms with Crippen molar-refractivity contribution in [1.82, 2.24) is 5.01 Å². The Kier molecular flexibility index (Phi) is 3.05. The molecule has 0 aliphatic heterocycles. The molecule has 0 heterocycles. The molecule has 0 fully saturated rings. The second kappa shape index (κ2) is 3.32. The smallest absolute Gasteiger partial charge is 0.0429 e. The minimum Gasteiger partial charge on any atom is -0.400 e. The molecule has 0 rings (SSSR count). The molecule has 4 nitrogen and oxygen atoms in total. The van der Waals surface area contributed by atoms with Gasteiger partial charge in [0.25, 0.3) is 0 Å². The van der Waals surface area contributed by atoms with E-state index in [0.29, 0.717) is 5.70 Å². The number of hydrogen-bond acceptors (Lipinski definition) is 4. The van der Waals surface area contributed by atoms with Gasteiger partial charge in [0.1, 0.15) is 0 Å². The molecule has 1 atom stereocenters. The summed E-state index contributed by atoms with van der Waals surface area (Å²) >= 11 is 0. The molecule has 0 aliphatic carbocycles. The van der Waals surface area contributed by atoms with Crippen LogP contribution in [0.4, 0.5) is 0 Å².